The summed E-state index contributed by atoms with van der Waals surface area (Å²) in [5, 5.41) is 9.66. The molecule has 1 N–H and O–H groups in total. The molecular weight excluding hydrogens is 212 g/mol. The van der Waals surface area contributed by atoms with Crippen molar-refractivity contribution in [1.82, 2.24) is 4.98 Å². The van der Waals surface area contributed by atoms with Crippen molar-refractivity contribution in [3.05, 3.63) is 24.0 Å². The Kier molecular flexibility index (Phi) is 5.51. The number of anilines is 1. The molecule has 3 heteroatoms. The third-order valence-electron chi connectivity index (χ3n) is 2.64. The van der Waals surface area contributed by atoms with Crippen LogP contribution in [0.2, 0.25) is 0 Å². The van der Waals surface area contributed by atoms with Gasteiger partial charge in [-0.3, -0.25) is 4.98 Å². The van der Waals surface area contributed by atoms with Gasteiger partial charge in [0.2, 0.25) is 0 Å². The second-order valence-electron chi connectivity index (χ2n) is 3.99. The van der Waals surface area contributed by atoms with Crippen LogP contribution in [0.5, 0.6) is 0 Å². The molecule has 1 rings (SSSR count). The maximum Gasteiger partial charge on any atom is 0.0957 e. The zero-order chi connectivity index (χ0) is 12.7. The van der Waals surface area contributed by atoms with Gasteiger partial charge in [0.25, 0.3) is 0 Å². The van der Waals surface area contributed by atoms with Gasteiger partial charge in [-0.15, -0.1) is 6.42 Å². The van der Waals surface area contributed by atoms with Crippen LogP contribution in [0.3, 0.4) is 0 Å². The smallest absolute Gasteiger partial charge is 0.0957 e. The standard InChI is InChI=1S/C14H20N2O/c1-4-9-16(10-5-2)12-7-8-13(15-11-12)14(17)6-3/h1,7-8,11,14,17H,5-6,9-10H2,2-3H3/t14-/m0/s1. The number of nitrogens with zero attached hydrogens (tertiary/aromatic N) is 2. The second-order valence-corrected chi connectivity index (χ2v) is 3.99. The number of aromatic nitrogens is 1. The van der Waals surface area contributed by atoms with Crippen LogP contribution >= 0.6 is 0 Å². The molecule has 0 saturated heterocycles. The van der Waals surface area contributed by atoms with Crippen molar-refractivity contribution < 1.29 is 5.11 Å². The molecule has 0 aliphatic carbocycles. The molecule has 0 saturated carbocycles. The second kappa shape index (κ2) is 6.93. The first-order chi connectivity index (χ1) is 8.22. The fourth-order valence-corrected chi connectivity index (χ4v) is 1.67. The maximum atomic E-state index is 9.66. The number of terminal acetylenes is 1. The number of rotatable bonds is 6. The van der Waals surface area contributed by atoms with E-state index in [2.05, 4.69) is 22.7 Å². The summed E-state index contributed by atoms with van der Waals surface area (Å²) in [5.41, 5.74) is 1.73. The molecule has 17 heavy (non-hydrogen) atoms. The molecule has 0 aromatic carbocycles. The third kappa shape index (κ3) is 3.76. The van der Waals surface area contributed by atoms with Crippen molar-refractivity contribution in [2.75, 3.05) is 18.0 Å². The Morgan fingerprint density at radius 1 is 1.47 bits per heavy atom. The Morgan fingerprint density at radius 2 is 2.24 bits per heavy atom. The lowest BCUT2D eigenvalue weighted by atomic mass is 10.2. The first-order valence-corrected chi connectivity index (χ1v) is 6.05. The van der Waals surface area contributed by atoms with E-state index in [0.29, 0.717) is 18.7 Å². The lowest BCUT2D eigenvalue weighted by Crippen LogP contribution is -2.24. The van der Waals surface area contributed by atoms with Gasteiger partial charge in [0, 0.05) is 6.54 Å². The molecule has 1 aromatic rings. The maximum absolute atomic E-state index is 9.66. The fraction of sp³-hybridized carbons (Fsp3) is 0.500. The van der Waals surface area contributed by atoms with Crippen LogP contribution in [0.4, 0.5) is 5.69 Å². The van der Waals surface area contributed by atoms with Crippen LogP contribution in [0.15, 0.2) is 18.3 Å². The van der Waals surface area contributed by atoms with Crippen molar-refractivity contribution in [2.45, 2.75) is 32.8 Å². The lowest BCUT2D eigenvalue weighted by molar-refractivity contribution is 0.169. The van der Waals surface area contributed by atoms with E-state index >= 15 is 0 Å². The first-order valence-electron chi connectivity index (χ1n) is 6.05. The van der Waals surface area contributed by atoms with Gasteiger partial charge in [0.15, 0.2) is 0 Å². The average molecular weight is 232 g/mol. The monoisotopic (exact) mass is 232 g/mol. The topological polar surface area (TPSA) is 36.4 Å². The van der Waals surface area contributed by atoms with Crippen LogP contribution in [0.25, 0.3) is 0 Å². The van der Waals surface area contributed by atoms with Crippen LogP contribution < -0.4 is 4.90 Å². The van der Waals surface area contributed by atoms with Gasteiger partial charge >= 0.3 is 0 Å². The summed E-state index contributed by atoms with van der Waals surface area (Å²) in [6.45, 7) is 5.56. The van der Waals surface area contributed by atoms with E-state index in [-0.39, 0.29) is 0 Å². The summed E-state index contributed by atoms with van der Waals surface area (Å²) in [6, 6.07) is 3.83. The molecule has 1 atom stereocenters. The number of hydrogen-bond acceptors (Lipinski definition) is 3. The number of pyridine rings is 1. The molecule has 0 bridgehead atoms. The predicted molar refractivity (Wildman–Crippen MR) is 70.8 cm³/mol. The van der Waals surface area contributed by atoms with Gasteiger partial charge in [-0.2, -0.15) is 0 Å². The van der Waals surface area contributed by atoms with Gasteiger partial charge in [-0.05, 0) is 25.0 Å². The number of hydrogen-bond donors (Lipinski definition) is 1. The molecule has 0 aliphatic heterocycles. The van der Waals surface area contributed by atoms with Crippen molar-refractivity contribution in [3.63, 3.8) is 0 Å². The molecule has 0 unspecified atom stereocenters. The molecule has 1 heterocycles. The lowest BCUT2D eigenvalue weighted by Gasteiger charge is -2.21. The highest BCUT2D eigenvalue weighted by molar-refractivity contribution is 5.45. The predicted octanol–water partition coefficient (Wildman–Crippen LogP) is 2.37. The van der Waals surface area contributed by atoms with Gasteiger partial charge in [0.1, 0.15) is 0 Å². The van der Waals surface area contributed by atoms with Crippen LogP contribution in [-0.4, -0.2) is 23.2 Å². The minimum atomic E-state index is -0.476. The normalized spacial score (nSPS) is 11.9. The molecule has 0 fully saturated rings. The van der Waals surface area contributed by atoms with E-state index in [1.807, 2.05) is 19.1 Å². The minimum Gasteiger partial charge on any atom is -0.387 e. The van der Waals surface area contributed by atoms with E-state index in [1.54, 1.807) is 6.20 Å². The summed E-state index contributed by atoms with van der Waals surface area (Å²) in [6.07, 6.45) is 8.37. The molecule has 0 spiro atoms. The van der Waals surface area contributed by atoms with Crippen LogP contribution in [0.1, 0.15) is 38.5 Å². The summed E-state index contributed by atoms with van der Waals surface area (Å²) in [7, 11) is 0. The van der Waals surface area contributed by atoms with E-state index in [1.165, 1.54) is 0 Å². The van der Waals surface area contributed by atoms with Crippen LogP contribution in [-0.2, 0) is 0 Å². The highest BCUT2D eigenvalue weighted by atomic mass is 16.3. The zero-order valence-electron chi connectivity index (χ0n) is 10.6. The van der Waals surface area contributed by atoms with Crippen molar-refractivity contribution in [3.8, 4) is 12.3 Å². The molecular formula is C14H20N2O. The molecule has 0 aliphatic rings. The molecule has 1 aromatic heterocycles. The van der Waals surface area contributed by atoms with E-state index in [4.69, 9.17) is 6.42 Å². The Morgan fingerprint density at radius 3 is 2.71 bits per heavy atom. The highest BCUT2D eigenvalue weighted by Crippen LogP contribution is 2.18. The molecule has 3 nitrogen and oxygen atoms in total. The summed E-state index contributed by atoms with van der Waals surface area (Å²) < 4.78 is 0. The quantitative estimate of drug-likeness (QED) is 0.765. The van der Waals surface area contributed by atoms with Crippen molar-refractivity contribution >= 4 is 5.69 Å². The number of aliphatic hydroxyl groups is 1. The zero-order valence-corrected chi connectivity index (χ0v) is 10.6. The number of aliphatic hydroxyl groups excluding tert-OH is 1. The molecule has 0 amide bonds. The Hall–Kier alpha value is -1.53. The molecule has 0 radical (unpaired) electrons. The SMILES string of the molecule is C#CCN(CCC)c1ccc([C@@H](O)CC)nc1. The van der Waals surface area contributed by atoms with E-state index in [9.17, 15) is 5.11 Å². The van der Waals surface area contributed by atoms with E-state index < -0.39 is 6.10 Å². The van der Waals surface area contributed by atoms with Crippen LogP contribution in [0, 0.1) is 12.3 Å². The average Bonchev–Trinajstić information content (AvgIpc) is 2.38. The highest BCUT2D eigenvalue weighted by Gasteiger charge is 2.08. The van der Waals surface area contributed by atoms with Gasteiger partial charge < -0.3 is 10.0 Å². The van der Waals surface area contributed by atoms with E-state index in [0.717, 1.165) is 18.7 Å². The van der Waals surface area contributed by atoms with Gasteiger partial charge in [-0.25, -0.2) is 0 Å². The molecule has 92 valence electrons. The Balaban J connectivity index is 2.80. The van der Waals surface area contributed by atoms with Crippen molar-refractivity contribution in [1.29, 1.82) is 0 Å². The Labute approximate surface area is 103 Å². The summed E-state index contributed by atoms with van der Waals surface area (Å²) in [5.74, 6) is 2.65. The summed E-state index contributed by atoms with van der Waals surface area (Å²) in [4.78, 5) is 6.38. The Bertz CT molecular complexity index is 367. The van der Waals surface area contributed by atoms with Gasteiger partial charge in [-0.1, -0.05) is 19.8 Å². The largest absolute Gasteiger partial charge is 0.387 e. The first kappa shape index (κ1) is 13.5. The third-order valence-corrected chi connectivity index (χ3v) is 2.64. The fourth-order valence-electron chi connectivity index (χ4n) is 1.67. The van der Waals surface area contributed by atoms with Crippen molar-refractivity contribution in [2.24, 2.45) is 0 Å². The minimum absolute atomic E-state index is 0.476. The van der Waals surface area contributed by atoms with Gasteiger partial charge in [0.05, 0.1) is 30.2 Å². The summed E-state index contributed by atoms with van der Waals surface area (Å²) >= 11 is 0.